The van der Waals surface area contributed by atoms with Crippen molar-refractivity contribution in [3.63, 3.8) is 0 Å². The molecule has 0 saturated carbocycles. The average molecular weight is 843 g/mol. The van der Waals surface area contributed by atoms with Crippen LogP contribution in [0.1, 0.15) is 120 Å². The molecule has 1 unspecified atom stereocenters. The van der Waals surface area contributed by atoms with Crippen molar-refractivity contribution in [2.75, 3.05) is 0 Å². The van der Waals surface area contributed by atoms with Gasteiger partial charge in [-0.1, -0.05) is 97.1 Å². The second-order valence-corrected chi connectivity index (χ2v) is 17.7. The van der Waals surface area contributed by atoms with E-state index in [9.17, 15) is 35.7 Å². The predicted octanol–water partition coefficient (Wildman–Crippen LogP) is 11.3. The van der Waals surface area contributed by atoms with Crippen molar-refractivity contribution in [1.82, 2.24) is 0 Å². The fourth-order valence-electron chi connectivity index (χ4n) is 12.1. The molecule has 0 radical (unpaired) electrons. The number of aromatic hydroxyl groups is 7. The van der Waals surface area contributed by atoms with Crippen molar-refractivity contribution < 1.29 is 40.5 Å². The zero-order valence-corrected chi connectivity index (χ0v) is 34.2. The Morgan fingerprint density at radius 2 is 0.812 bits per heavy atom. The van der Waals surface area contributed by atoms with Crippen LogP contribution in [0, 0.1) is 0 Å². The van der Waals surface area contributed by atoms with Gasteiger partial charge in [0.05, 0.1) is 5.92 Å². The number of fused-ring (bicyclic) bond motifs is 9. The van der Waals surface area contributed by atoms with Crippen LogP contribution in [0.25, 0.3) is 0 Å². The normalized spacial score (nSPS) is 23.2. The van der Waals surface area contributed by atoms with E-state index in [2.05, 4.69) is 54.6 Å². The largest absolute Gasteiger partial charge is 0.508 e. The van der Waals surface area contributed by atoms with Gasteiger partial charge in [-0.2, -0.15) is 0 Å². The molecule has 7 N–H and O–H groups in total. The molecule has 64 heavy (non-hydrogen) atoms. The molecular weight excluding hydrogens is 801 g/mol. The van der Waals surface area contributed by atoms with Crippen LogP contribution in [-0.4, -0.2) is 35.7 Å². The summed E-state index contributed by atoms with van der Waals surface area (Å²) in [5.74, 6) is -1.71. The Labute approximate surface area is 368 Å². The number of rotatable bonds is 5. The third-order valence-electron chi connectivity index (χ3n) is 14.5. The van der Waals surface area contributed by atoms with Crippen LogP contribution in [0.5, 0.6) is 46.0 Å². The van der Waals surface area contributed by atoms with Gasteiger partial charge in [0.25, 0.3) is 0 Å². The van der Waals surface area contributed by atoms with Crippen molar-refractivity contribution in [3.8, 4) is 46.0 Å². The van der Waals surface area contributed by atoms with E-state index < -0.39 is 23.9 Å². The summed E-state index contributed by atoms with van der Waals surface area (Å²) >= 11 is 0. The molecule has 1 aliphatic heterocycles. The second kappa shape index (κ2) is 14.1. The Morgan fingerprint density at radius 3 is 1.45 bits per heavy atom. The molecule has 1 heterocycles. The highest BCUT2D eigenvalue weighted by Gasteiger charge is 2.52. The minimum absolute atomic E-state index is 0.0123. The minimum Gasteiger partial charge on any atom is -0.508 e. The Bertz CT molecular complexity index is 3160. The van der Waals surface area contributed by atoms with Crippen molar-refractivity contribution in [1.29, 1.82) is 0 Å². The van der Waals surface area contributed by atoms with E-state index >= 15 is 0 Å². The summed E-state index contributed by atoms with van der Waals surface area (Å²) in [5, 5.41) is 78.7. The van der Waals surface area contributed by atoms with E-state index in [1.807, 2.05) is 30.3 Å². The molecule has 8 heteroatoms. The molecule has 12 rings (SSSR count). The molecule has 0 aromatic heterocycles. The Morgan fingerprint density at radius 1 is 0.297 bits per heavy atom. The summed E-state index contributed by atoms with van der Waals surface area (Å²) in [6.45, 7) is 0. The number of hydrogen-bond acceptors (Lipinski definition) is 8. The Hall–Kier alpha value is -7.84. The highest BCUT2D eigenvalue weighted by Crippen LogP contribution is 2.67. The van der Waals surface area contributed by atoms with Crippen LogP contribution < -0.4 is 4.74 Å². The molecule has 0 spiro atoms. The third-order valence-corrected chi connectivity index (χ3v) is 14.5. The molecule has 8 atom stereocenters. The summed E-state index contributed by atoms with van der Waals surface area (Å²) < 4.78 is 6.77. The molecule has 314 valence electrons. The van der Waals surface area contributed by atoms with Gasteiger partial charge in [0, 0.05) is 64.3 Å². The monoisotopic (exact) mass is 842 g/mol. The lowest BCUT2D eigenvalue weighted by Crippen LogP contribution is -2.26. The Kier molecular flexibility index (Phi) is 8.34. The number of benzene rings is 8. The van der Waals surface area contributed by atoms with Crippen LogP contribution in [0.2, 0.25) is 0 Å². The van der Waals surface area contributed by atoms with Crippen molar-refractivity contribution in [2.45, 2.75) is 47.5 Å². The van der Waals surface area contributed by atoms with E-state index in [-0.39, 0.29) is 63.9 Å². The summed E-state index contributed by atoms with van der Waals surface area (Å²) in [6.07, 6.45) is -0.693. The first-order valence-electron chi connectivity index (χ1n) is 21.6. The van der Waals surface area contributed by atoms with Crippen molar-refractivity contribution >= 4 is 0 Å². The highest BCUT2D eigenvalue weighted by molar-refractivity contribution is 5.69. The summed E-state index contributed by atoms with van der Waals surface area (Å²) in [6, 6.07) is 50.5. The molecule has 4 aliphatic rings. The summed E-state index contributed by atoms with van der Waals surface area (Å²) in [5.41, 5.74) is 11.6. The quantitative estimate of drug-likeness (QED) is 0.0905. The van der Waals surface area contributed by atoms with Crippen LogP contribution in [0.15, 0.2) is 164 Å². The molecule has 8 aromatic carbocycles. The lowest BCUT2D eigenvalue weighted by Gasteiger charge is -2.40. The van der Waals surface area contributed by atoms with E-state index in [1.165, 1.54) is 28.3 Å². The predicted molar refractivity (Wildman–Crippen MR) is 241 cm³/mol. The minimum atomic E-state index is -0.762. The molecule has 2 bridgehead atoms. The van der Waals surface area contributed by atoms with Gasteiger partial charge in [0.1, 0.15) is 52.1 Å². The maximum atomic E-state index is 12.4. The van der Waals surface area contributed by atoms with Gasteiger partial charge in [-0.3, -0.25) is 0 Å². The number of hydrogen-bond donors (Lipinski definition) is 7. The van der Waals surface area contributed by atoms with Crippen LogP contribution in [-0.2, 0) is 0 Å². The molecule has 0 amide bonds. The Balaban J connectivity index is 1.13. The number of phenols is 7. The zero-order valence-electron chi connectivity index (χ0n) is 34.2. The molecular formula is C56H42O8. The lowest BCUT2D eigenvalue weighted by molar-refractivity contribution is 0.221. The van der Waals surface area contributed by atoms with Gasteiger partial charge in [-0.05, 0) is 110 Å². The van der Waals surface area contributed by atoms with E-state index in [4.69, 9.17) is 4.74 Å². The van der Waals surface area contributed by atoms with Gasteiger partial charge in [-0.15, -0.1) is 0 Å². The van der Waals surface area contributed by atoms with Gasteiger partial charge in [-0.25, -0.2) is 0 Å². The molecule has 8 aromatic rings. The number of phenolic OH excluding ortho intramolecular Hbond substituents is 7. The summed E-state index contributed by atoms with van der Waals surface area (Å²) in [4.78, 5) is 0. The average Bonchev–Trinajstić information content (AvgIpc) is 3.76. The first kappa shape index (κ1) is 37.9. The van der Waals surface area contributed by atoms with E-state index in [0.29, 0.717) is 28.0 Å². The maximum absolute atomic E-state index is 12.4. The second-order valence-electron chi connectivity index (χ2n) is 17.7. The van der Waals surface area contributed by atoms with Crippen LogP contribution in [0.3, 0.4) is 0 Å². The van der Waals surface area contributed by atoms with Gasteiger partial charge in [0.15, 0.2) is 0 Å². The summed E-state index contributed by atoms with van der Waals surface area (Å²) in [7, 11) is 0. The molecule has 0 fully saturated rings. The first-order chi connectivity index (χ1) is 31.1. The SMILES string of the molecule is Oc1ccc(C2[C@H]3c4ccccc4[C@@H](c4ccc(O)c([C@H]5c6cc(O)cc7c6[C@H](c6cc(O)cc(O)c6[C@@H]5c5ccc(O)cc5)[C@@H](c5ccc(O)cc5)O7)c4)[C@@H]2c2ccccc23)cc1. The van der Waals surface area contributed by atoms with Gasteiger partial charge < -0.3 is 40.5 Å². The van der Waals surface area contributed by atoms with Crippen LogP contribution in [0.4, 0.5) is 0 Å². The fraction of sp³-hybridized carbons (Fsp3) is 0.143. The van der Waals surface area contributed by atoms with Gasteiger partial charge >= 0.3 is 0 Å². The topological polar surface area (TPSA) is 151 Å². The van der Waals surface area contributed by atoms with Gasteiger partial charge in [0.2, 0.25) is 0 Å². The highest BCUT2D eigenvalue weighted by atomic mass is 16.5. The van der Waals surface area contributed by atoms with Crippen molar-refractivity contribution in [3.05, 3.63) is 236 Å². The maximum Gasteiger partial charge on any atom is 0.135 e. The van der Waals surface area contributed by atoms with Crippen molar-refractivity contribution in [2.24, 2.45) is 0 Å². The third kappa shape index (κ3) is 5.61. The zero-order chi connectivity index (χ0) is 43.5. The smallest absolute Gasteiger partial charge is 0.135 e. The molecule has 0 saturated heterocycles. The molecule has 8 nitrogen and oxygen atoms in total. The molecule has 3 aliphatic carbocycles. The van der Waals surface area contributed by atoms with Crippen LogP contribution >= 0.6 is 0 Å². The first-order valence-corrected chi connectivity index (χ1v) is 21.6. The fourth-order valence-corrected chi connectivity index (χ4v) is 12.1. The standard InChI is InChI=1S/C56H42O8/c57-32-16-9-28(10-17-32)48-51(42-25-36(61)27-46-53(42)55(43-24-35(60)26-45(63)52(43)48)56(64-46)30-13-20-34(59)21-14-30)41-23-31(15-22-44(41)62)47-37-5-1-2-6-38(37)50-39-7-3-4-8-40(39)54(47)49(50)29-11-18-33(58)19-12-29/h1-27,47-51,54-63H/t47-,48-,49?,50+,51+,54+,55+,56-/m1/s1. The van der Waals surface area contributed by atoms with E-state index in [0.717, 1.165) is 27.8 Å². The van der Waals surface area contributed by atoms with E-state index in [1.54, 1.807) is 72.8 Å². The number of ether oxygens (including phenoxy) is 1. The lowest BCUT2D eigenvalue weighted by atomic mass is 9.63.